The smallest absolute Gasteiger partial charge is 0.227 e. The fourth-order valence-electron chi connectivity index (χ4n) is 4.87. The molecule has 0 atom stereocenters. The lowest BCUT2D eigenvalue weighted by Crippen LogP contribution is -2.43. The molecule has 0 unspecified atom stereocenters. The van der Waals surface area contributed by atoms with Crippen molar-refractivity contribution in [3.63, 3.8) is 0 Å². The van der Waals surface area contributed by atoms with Crippen LogP contribution in [0, 0.1) is 0 Å². The summed E-state index contributed by atoms with van der Waals surface area (Å²) in [6.45, 7) is 5.47. The summed E-state index contributed by atoms with van der Waals surface area (Å²) in [4.78, 5) is 12.0. The largest absolute Gasteiger partial charge is 0.480 e. The van der Waals surface area contributed by atoms with Crippen LogP contribution in [0.4, 0.5) is 17.3 Å². The zero-order chi connectivity index (χ0) is 21.4. The quantitative estimate of drug-likeness (QED) is 0.658. The lowest BCUT2D eigenvalue weighted by atomic mass is 9.83. The van der Waals surface area contributed by atoms with Gasteiger partial charge in [0.1, 0.15) is 5.75 Å². The molecule has 0 aliphatic carbocycles. The van der Waals surface area contributed by atoms with E-state index in [-0.39, 0.29) is 0 Å². The van der Waals surface area contributed by atoms with Crippen molar-refractivity contribution in [2.75, 3.05) is 49.6 Å². The van der Waals surface area contributed by atoms with Crippen molar-refractivity contribution < 1.29 is 9.47 Å². The predicted molar refractivity (Wildman–Crippen MR) is 125 cm³/mol. The molecule has 164 valence electrons. The first-order valence-corrected chi connectivity index (χ1v) is 11.4. The molecule has 3 aliphatic rings. The van der Waals surface area contributed by atoms with Crippen LogP contribution in [-0.2, 0) is 10.3 Å². The third-order valence-electron chi connectivity index (χ3n) is 6.61. The Morgan fingerprint density at radius 3 is 2.53 bits per heavy atom. The Labute approximate surface area is 187 Å². The fourth-order valence-corrected chi connectivity index (χ4v) is 4.87. The van der Waals surface area contributed by atoms with Gasteiger partial charge in [-0.25, -0.2) is 9.97 Å². The Kier molecular flexibility index (Phi) is 4.92. The van der Waals surface area contributed by atoms with Crippen molar-refractivity contribution in [1.82, 2.24) is 15.3 Å². The van der Waals surface area contributed by atoms with Crippen LogP contribution in [0.25, 0.3) is 11.1 Å². The van der Waals surface area contributed by atoms with Crippen LogP contribution < -0.4 is 20.3 Å². The maximum Gasteiger partial charge on any atom is 0.227 e. The lowest BCUT2D eigenvalue weighted by Gasteiger charge is -2.41. The van der Waals surface area contributed by atoms with Gasteiger partial charge in [-0.05, 0) is 30.3 Å². The average Bonchev–Trinajstić information content (AvgIpc) is 2.86. The Morgan fingerprint density at radius 1 is 0.938 bits per heavy atom. The number of aromatic nitrogens is 2. The summed E-state index contributed by atoms with van der Waals surface area (Å²) in [5.41, 5.74) is 4.80. The number of rotatable bonds is 3. The number of nitrogens with one attached hydrogen (secondary N) is 2. The second-order valence-electron chi connectivity index (χ2n) is 8.57. The molecule has 1 aromatic heterocycles. The van der Waals surface area contributed by atoms with Crippen LogP contribution in [0.2, 0.25) is 0 Å². The SMILES string of the molecule is c1ccc2c(c1)OC1(CCOCC1)c1nc(Nc3ccc(N4CCNCC4)cc3)ncc1-2. The van der Waals surface area contributed by atoms with Crippen molar-refractivity contribution in [2.24, 2.45) is 0 Å². The number of ether oxygens (including phenoxy) is 2. The molecule has 32 heavy (non-hydrogen) atoms. The summed E-state index contributed by atoms with van der Waals surface area (Å²) in [7, 11) is 0. The normalized spacial score (nSPS) is 19.1. The standard InChI is InChI=1S/C25H27N5O2/c1-2-4-22-20(3-1)21-17-27-24(29-23(21)25(32-22)9-15-31-16-10-25)28-18-5-7-19(8-6-18)30-13-11-26-12-14-30/h1-8,17,26H,9-16H2,(H,27,28,29). The van der Waals surface area contributed by atoms with Crippen LogP contribution in [-0.4, -0.2) is 49.4 Å². The number of para-hydroxylation sites is 1. The van der Waals surface area contributed by atoms with E-state index in [0.717, 1.165) is 67.3 Å². The summed E-state index contributed by atoms with van der Waals surface area (Å²) >= 11 is 0. The van der Waals surface area contributed by atoms with Gasteiger partial charge in [-0.1, -0.05) is 18.2 Å². The molecule has 7 nitrogen and oxygen atoms in total. The molecule has 2 fully saturated rings. The van der Waals surface area contributed by atoms with Gasteiger partial charge in [0.2, 0.25) is 5.95 Å². The third kappa shape index (κ3) is 3.47. The number of hydrogen-bond acceptors (Lipinski definition) is 7. The zero-order valence-electron chi connectivity index (χ0n) is 18.0. The van der Waals surface area contributed by atoms with Crippen LogP contribution in [0.15, 0.2) is 54.7 Å². The molecule has 3 aliphatic heterocycles. The van der Waals surface area contributed by atoms with Gasteiger partial charge in [-0.2, -0.15) is 0 Å². The molecule has 0 radical (unpaired) electrons. The Morgan fingerprint density at radius 2 is 1.72 bits per heavy atom. The summed E-state index contributed by atoms with van der Waals surface area (Å²) in [5, 5.41) is 6.79. The number of benzene rings is 2. The van der Waals surface area contributed by atoms with Gasteiger partial charge < -0.3 is 25.0 Å². The van der Waals surface area contributed by atoms with Gasteiger partial charge in [0, 0.05) is 67.7 Å². The second kappa shape index (κ2) is 8.07. The summed E-state index contributed by atoms with van der Waals surface area (Å²) in [6, 6.07) is 16.6. The second-order valence-corrected chi connectivity index (χ2v) is 8.57. The highest BCUT2D eigenvalue weighted by Gasteiger charge is 2.44. The minimum atomic E-state index is -0.465. The summed E-state index contributed by atoms with van der Waals surface area (Å²) < 4.78 is 12.2. The first-order chi connectivity index (χ1) is 15.8. The Hall–Kier alpha value is -3.16. The van der Waals surface area contributed by atoms with Gasteiger partial charge in [-0.15, -0.1) is 0 Å². The van der Waals surface area contributed by atoms with E-state index in [1.807, 2.05) is 24.4 Å². The van der Waals surface area contributed by atoms with E-state index in [4.69, 9.17) is 14.5 Å². The molecule has 7 heteroatoms. The monoisotopic (exact) mass is 429 g/mol. The van der Waals surface area contributed by atoms with Crippen molar-refractivity contribution in [3.8, 4) is 16.9 Å². The van der Waals surface area contributed by atoms with Gasteiger partial charge in [0.15, 0.2) is 5.60 Å². The van der Waals surface area contributed by atoms with Crippen LogP contribution in [0.1, 0.15) is 18.5 Å². The maximum absolute atomic E-state index is 6.57. The number of fused-ring (bicyclic) bond motifs is 4. The van der Waals surface area contributed by atoms with Crippen molar-refractivity contribution in [3.05, 3.63) is 60.4 Å². The molecule has 3 aromatic rings. The van der Waals surface area contributed by atoms with Crippen LogP contribution >= 0.6 is 0 Å². The first kappa shape index (κ1) is 19.5. The topological polar surface area (TPSA) is 71.5 Å². The number of nitrogens with zero attached hydrogens (tertiary/aromatic N) is 3. The molecule has 2 N–H and O–H groups in total. The van der Waals surface area contributed by atoms with Crippen molar-refractivity contribution in [2.45, 2.75) is 18.4 Å². The van der Waals surface area contributed by atoms with Crippen LogP contribution in [0.3, 0.4) is 0 Å². The molecule has 0 amide bonds. The van der Waals surface area contributed by atoms with E-state index in [2.05, 4.69) is 50.8 Å². The fraction of sp³-hybridized carbons (Fsp3) is 0.360. The van der Waals surface area contributed by atoms with E-state index < -0.39 is 5.60 Å². The molecule has 2 saturated heterocycles. The van der Waals surface area contributed by atoms with Gasteiger partial charge in [0.05, 0.1) is 18.9 Å². The molecule has 0 saturated carbocycles. The number of anilines is 3. The molecule has 6 rings (SSSR count). The number of piperazine rings is 1. The van der Waals surface area contributed by atoms with E-state index >= 15 is 0 Å². The van der Waals surface area contributed by atoms with E-state index in [1.165, 1.54) is 5.69 Å². The van der Waals surface area contributed by atoms with Gasteiger partial charge in [-0.3, -0.25) is 0 Å². The molecular formula is C25H27N5O2. The van der Waals surface area contributed by atoms with E-state index in [9.17, 15) is 0 Å². The molecule has 4 heterocycles. The molecular weight excluding hydrogens is 402 g/mol. The third-order valence-corrected chi connectivity index (χ3v) is 6.61. The van der Waals surface area contributed by atoms with Gasteiger partial charge in [0.25, 0.3) is 0 Å². The molecule has 0 bridgehead atoms. The summed E-state index contributed by atoms with van der Waals surface area (Å²) in [6.07, 6.45) is 3.49. The highest BCUT2D eigenvalue weighted by atomic mass is 16.5. The maximum atomic E-state index is 6.57. The van der Waals surface area contributed by atoms with E-state index in [1.54, 1.807) is 0 Å². The van der Waals surface area contributed by atoms with E-state index in [0.29, 0.717) is 19.2 Å². The number of hydrogen-bond donors (Lipinski definition) is 2. The predicted octanol–water partition coefficient (Wildman–Crippen LogP) is 3.69. The van der Waals surface area contributed by atoms with Gasteiger partial charge >= 0.3 is 0 Å². The Balaban J connectivity index is 1.31. The lowest BCUT2D eigenvalue weighted by molar-refractivity contribution is -0.0540. The Bertz CT molecular complexity index is 1110. The molecule has 1 spiro atoms. The summed E-state index contributed by atoms with van der Waals surface area (Å²) in [5.74, 6) is 1.49. The van der Waals surface area contributed by atoms with Crippen molar-refractivity contribution >= 4 is 17.3 Å². The minimum absolute atomic E-state index is 0.465. The first-order valence-electron chi connectivity index (χ1n) is 11.4. The minimum Gasteiger partial charge on any atom is -0.480 e. The van der Waals surface area contributed by atoms with Crippen LogP contribution in [0.5, 0.6) is 5.75 Å². The molecule has 2 aromatic carbocycles. The highest BCUT2D eigenvalue weighted by Crippen LogP contribution is 2.48. The highest BCUT2D eigenvalue weighted by molar-refractivity contribution is 5.75. The zero-order valence-corrected chi connectivity index (χ0v) is 18.0. The average molecular weight is 430 g/mol. The van der Waals surface area contributed by atoms with Crippen molar-refractivity contribution in [1.29, 1.82) is 0 Å².